The largest absolute Gasteiger partial charge is 0.481 e. The van der Waals surface area contributed by atoms with E-state index in [-0.39, 0.29) is 12.3 Å². The zero-order valence-electron chi connectivity index (χ0n) is 14.7. The lowest BCUT2D eigenvalue weighted by molar-refractivity contribution is -0.145. The van der Waals surface area contributed by atoms with Gasteiger partial charge in [-0.15, -0.1) is 0 Å². The highest BCUT2D eigenvalue weighted by Crippen LogP contribution is 2.43. The fourth-order valence-corrected chi connectivity index (χ4v) is 4.85. The number of anilines is 1. The summed E-state index contributed by atoms with van der Waals surface area (Å²) in [5.74, 6) is -0.496. The molecule has 1 aromatic heterocycles. The molecule has 1 amide bonds. The molecule has 0 radical (unpaired) electrons. The van der Waals surface area contributed by atoms with Gasteiger partial charge in [-0.2, -0.15) is 0 Å². The summed E-state index contributed by atoms with van der Waals surface area (Å²) in [5.41, 5.74) is 2.06. The maximum absolute atomic E-state index is 12.1. The predicted octanol–water partition coefficient (Wildman–Crippen LogP) is 1.86. The van der Waals surface area contributed by atoms with Crippen molar-refractivity contribution in [3.8, 4) is 0 Å². The van der Waals surface area contributed by atoms with Crippen LogP contribution in [0.1, 0.15) is 43.4 Å². The predicted molar refractivity (Wildman–Crippen MR) is 93.6 cm³/mol. The van der Waals surface area contributed by atoms with E-state index < -0.39 is 17.4 Å². The standard InChI is InChI=1S/C19H25N3O3/c1-21-17(23)12-14(18(24)25)19(21)8-10-22(11-9-19)16-7-6-13-4-2-3-5-15(13)20-16/h6-7,14H,2-5,8-12H2,1H3,(H,24,25)/t14-/m1/s1. The molecule has 0 aromatic carbocycles. The number of nitrogens with zero attached hydrogens (tertiary/aromatic N) is 3. The van der Waals surface area contributed by atoms with Crippen LogP contribution in [0.2, 0.25) is 0 Å². The normalized spacial score (nSPS) is 25.3. The number of carbonyl (C=O) groups is 2. The Morgan fingerprint density at radius 3 is 2.68 bits per heavy atom. The van der Waals surface area contributed by atoms with Gasteiger partial charge < -0.3 is 14.9 Å². The van der Waals surface area contributed by atoms with E-state index in [1.807, 2.05) is 0 Å². The molecule has 1 atom stereocenters. The number of aryl methyl sites for hydroxylation is 2. The lowest BCUT2D eigenvalue weighted by atomic mass is 9.77. The van der Waals surface area contributed by atoms with Crippen molar-refractivity contribution in [3.63, 3.8) is 0 Å². The quantitative estimate of drug-likeness (QED) is 0.887. The summed E-state index contributed by atoms with van der Waals surface area (Å²) in [6.45, 7) is 1.49. The molecule has 0 saturated carbocycles. The molecule has 25 heavy (non-hydrogen) atoms. The van der Waals surface area contributed by atoms with Gasteiger partial charge in [0.25, 0.3) is 0 Å². The molecule has 2 saturated heterocycles. The van der Waals surface area contributed by atoms with Crippen LogP contribution in [0.4, 0.5) is 5.82 Å². The Morgan fingerprint density at radius 2 is 1.96 bits per heavy atom. The van der Waals surface area contributed by atoms with Crippen LogP contribution in [0.5, 0.6) is 0 Å². The number of aromatic nitrogens is 1. The molecule has 4 rings (SSSR count). The molecule has 3 aliphatic rings. The highest BCUT2D eigenvalue weighted by Gasteiger charge is 2.55. The number of piperidine rings is 1. The minimum absolute atomic E-state index is 0.0484. The Labute approximate surface area is 147 Å². The first-order chi connectivity index (χ1) is 12.0. The zero-order valence-corrected chi connectivity index (χ0v) is 14.7. The number of carbonyl (C=O) groups excluding carboxylic acids is 1. The summed E-state index contributed by atoms with van der Waals surface area (Å²) < 4.78 is 0. The molecule has 1 aromatic rings. The van der Waals surface area contributed by atoms with Crippen LogP contribution in [0.15, 0.2) is 12.1 Å². The lowest BCUT2D eigenvalue weighted by Gasteiger charge is -2.45. The fourth-order valence-electron chi connectivity index (χ4n) is 4.85. The number of amides is 1. The Bertz CT molecular complexity index is 710. The van der Waals surface area contributed by atoms with E-state index in [9.17, 15) is 14.7 Å². The van der Waals surface area contributed by atoms with Gasteiger partial charge in [0, 0.05) is 32.3 Å². The molecule has 0 unspecified atom stereocenters. The molecule has 3 heterocycles. The van der Waals surface area contributed by atoms with Crippen molar-refractivity contribution in [2.75, 3.05) is 25.0 Å². The maximum Gasteiger partial charge on any atom is 0.309 e. The fraction of sp³-hybridized carbons (Fsp3) is 0.632. The minimum Gasteiger partial charge on any atom is -0.481 e. The van der Waals surface area contributed by atoms with E-state index in [1.54, 1.807) is 11.9 Å². The average molecular weight is 343 g/mol. The number of hydrogen-bond acceptors (Lipinski definition) is 4. The van der Waals surface area contributed by atoms with Crippen LogP contribution in [0.3, 0.4) is 0 Å². The van der Waals surface area contributed by atoms with Crippen LogP contribution in [0.25, 0.3) is 0 Å². The smallest absolute Gasteiger partial charge is 0.309 e. The monoisotopic (exact) mass is 343 g/mol. The molecule has 1 aliphatic carbocycles. The van der Waals surface area contributed by atoms with E-state index in [0.29, 0.717) is 12.8 Å². The molecular weight excluding hydrogens is 318 g/mol. The average Bonchev–Trinajstić information content (AvgIpc) is 2.87. The van der Waals surface area contributed by atoms with Crippen molar-refractivity contribution in [1.29, 1.82) is 0 Å². The van der Waals surface area contributed by atoms with Gasteiger partial charge in [-0.3, -0.25) is 9.59 Å². The van der Waals surface area contributed by atoms with Gasteiger partial charge in [-0.1, -0.05) is 6.07 Å². The van der Waals surface area contributed by atoms with Gasteiger partial charge >= 0.3 is 5.97 Å². The SMILES string of the molecule is CN1C(=O)C[C@H](C(=O)O)C12CCN(c1ccc3c(n1)CCCC3)CC2. The first-order valence-electron chi connectivity index (χ1n) is 9.24. The van der Waals surface area contributed by atoms with Crippen molar-refractivity contribution >= 4 is 17.7 Å². The summed E-state index contributed by atoms with van der Waals surface area (Å²) in [6.07, 6.45) is 6.13. The molecule has 1 N–H and O–H groups in total. The number of likely N-dealkylation sites (tertiary alicyclic amines) is 1. The molecule has 1 spiro atoms. The summed E-state index contributed by atoms with van der Waals surface area (Å²) >= 11 is 0. The topological polar surface area (TPSA) is 73.7 Å². The lowest BCUT2D eigenvalue weighted by Crippen LogP contribution is -2.56. The molecule has 0 bridgehead atoms. The van der Waals surface area contributed by atoms with Gasteiger partial charge in [0.1, 0.15) is 5.82 Å². The van der Waals surface area contributed by atoms with E-state index in [2.05, 4.69) is 17.0 Å². The number of carboxylic acids is 1. The second kappa shape index (κ2) is 6.00. The summed E-state index contributed by atoms with van der Waals surface area (Å²) in [5, 5.41) is 9.58. The number of carboxylic acid groups (broad SMARTS) is 1. The van der Waals surface area contributed by atoms with Crippen molar-refractivity contribution in [2.24, 2.45) is 5.92 Å². The highest BCUT2D eigenvalue weighted by molar-refractivity contribution is 5.88. The number of rotatable bonds is 2. The van der Waals surface area contributed by atoms with Crippen molar-refractivity contribution in [1.82, 2.24) is 9.88 Å². The van der Waals surface area contributed by atoms with Gasteiger partial charge in [0.05, 0.1) is 11.5 Å². The Kier molecular flexibility index (Phi) is 3.93. The first-order valence-corrected chi connectivity index (χ1v) is 9.24. The highest BCUT2D eigenvalue weighted by atomic mass is 16.4. The molecule has 134 valence electrons. The van der Waals surface area contributed by atoms with Gasteiger partial charge in [-0.05, 0) is 50.2 Å². The Hall–Kier alpha value is -2.11. The number of fused-ring (bicyclic) bond motifs is 1. The summed E-state index contributed by atoms with van der Waals surface area (Å²) in [4.78, 5) is 32.6. The molecule has 2 aliphatic heterocycles. The van der Waals surface area contributed by atoms with Gasteiger partial charge in [0.2, 0.25) is 5.91 Å². The number of hydrogen-bond donors (Lipinski definition) is 1. The maximum atomic E-state index is 12.1. The van der Waals surface area contributed by atoms with Crippen molar-refractivity contribution in [2.45, 2.75) is 50.5 Å². The third kappa shape index (κ3) is 2.58. The second-order valence-corrected chi connectivity index (χ2v) is 7.62. The third-order valence-electron chi connectivity index (χ3n) is 6.48. The van der Waals surface area contributed by atoms with E-state index in [0.717, 1.165) is 31.7 Å². The zero-order chi connectivity index (χ0) is 17.6. The van der Waals surface area contributed by atoms with E-state index >= 15 is 0 Å². The van der Waals surface area contributed by atoms with Crippen molar-refractivity contribution < 1.29 is 14.7 Å². The minimum atomic E-state index is -0.849. The van der Waals surface area contributed by atoms with Crippen LogP contribution in [-0.2, 0) is 22.4 Å². The van der Waals surface area contributed by atoms with Crippen LogP contribution >= 0.6 is 0 Å². The molecule has 6 heteroatoms. The first kappa shape index (κ1) is 16.4. The number of aliphatic carboxylic acids is 1. The Morgan fingerprint density at radius 1 is 1.24 bits per heavy atom. The second-order valence-electron chi connectivity index (χ2n) is 7.62. The van der Waals surface area contributed by atoms with Crippen LogP contribution in [-0.4, -0.2) is 52.5 Å². The molecule has 2 fully saturated rings. The molecular formula is C19H25N3O3. The van der Waals surface area contributed by atoms with E-state index in [1.165, 1.54) is 24.1 Å². The van der Waals surface area contributed by atoms with Crippen LogP contribution in [0, 0.1) is 5.92 Å². The summed E-state index contributed by atoms with van der Waals surface area (Å²) in [6, 6.07) is 4.30. The molecule has 6 nitrogen and oxygen atoms in total. The van der Waals surface area contributed by atoms with Crippen LogP contribution < -0.4 is 4.90 Å². The summed E-state index contributed by atoms with van der Waals surface area (Å²) in [7, 11) is 1.76. The van der Waals surface area contributed by atoms with Gasteiger partial charge in [0.15, 0.2) is 0 Å². The van der Waals surface area contributed by atoms with Crippen molar-refractivity contribution in [3.05, 3.63) is 23.4 Å². The Balaban J connectivity index is 1.53. The third-order valence-corrected chi connectivity index (χ3v) is 6.48. The van der Waals surface area contributed by atoms with Gasteiger partial charge in [-0.25, -0.2) is 4.98 Å². The van der Waals surface area contributed by atoms with E-state index in [4.69, 9.17) is 4.98 Å². The number of pyridine rings is 1.